The Hall–Kier alpha value is -2.89. The molecule has 1 aromatic carbocycles. The molecule has 138 valence electrons. The van der Waals surface area contributed by atoms with Gasteiger partial charge in [-0.05, 0) is 51.0 Å². The number of pyridine rings is 1. The monoisotopic (exact) mass is 354 g/mol. The summed E-state index contributed by atoms with van der Waals surface area (Å²) in [6.45, 7) is 8.61. The summed E-state index contributed by atoms with van der Waals surface area (Å²) in [4.78, 5) is 30.2. The average Bonchev–Trinajstić information content (AvgIpc) is 2.58. The Morgan fingerprint density at radius 1 is 1.12 bits per heavy atom. The zero-order valence-corrected chi connectivity index (χ0v) is 16.0. The summed E-state index contributed by atoms with van der Waals surface area (Å²) in [6, 6.07) is 7.54. The molecule has 0 aliphatic heterocycles. The standard InChI is InChI=1S/C20H26N4O2/c1-6-21-20(26)16-7-8-17(22-11-16)24(5)12-18(25)23-19-14(3)9-13(2)10-15(19)4/h7-11H,6,12H2,1-5H3,(H,21,26)(H,23,25). The molecule has 6 nitrogen and oxygen atoms in total. The van der Waals surface area contributed by atoms with Crippen molar-refractivity contribution in [2.45, 2.75) is 27.7 Å². The van der Waals surface area contributed by atoms with E-state index < -0.39 is 0 Å². The number of nitrogens with zero attached hydrogens (tertiary/aromatic N) is 2. The van der Waals surface area contributed by atoms with Crippen LogP contribution in [0.4, 0.5) is 11.5 Å². The number of benzene rings is 1. The van der Waals surface area contributed by atoms with Gasteiger partial charge in [0.15, 0.2) is 0 Å². The van der Waals surface area contributed by atoms with Crippen molar-refractivity contribution in [1.82, 2.24) is 10.3 Å². The van der Waals surface area contributed by atoms with Crippen LogP contribution in [-0.2, 0) is 4.79 Å². The van der Waals surface area contributed by atoms with Gasteiger partial charge in [0.2, 0.25) is 5.91 Å². The van der Waals surface area contributed by atoms with Gasteiger partial charge in [0.05, 0.1) is 12.1 Å². The lowest BCUT2D eigenvalue weighted by Gasteiger charge is -2.19. The molecule has 0 atom stereocenters. The second-order valence-electron chi connectivity index (χ2n) is 6.44. The molecule has 0 saturated carbocycles. The van der Waals surface area contributed by atoms with E-state index in [4.69, 9.17) is 0 Å². The lowest BCUT2D eigenvalue weighted by Crippen LogP contribution is -2.31. The first-order valence-corrected chi connectivity index (χ1v) is 8.65. The molecule has 0 radical (unpaired) electrons. The highest BCUT2D eigenvalue weighted by Crippen LogP contribution is 2.22. The molecule has 2 amide bonds. The van der Waals surface area contributed by atoms with E-state index in [1.807, 2.05) is 39.8 Å². The number of rotatable bonds is 6. The maximum Gasteiger partial charge on any atom is 0.252 e. The van der Waals surface area contributed by atoms with Crippen molar-refractivity contribution < 1.29 is 9.59 Å². The van der Waals surface area contributed by atoms with E-state index in [1.54, 1.807) is 24.1 Å². The lowest BCUT2D eigenvalue weighted by atomic mass is 10.1. The smallest absolute Gasteiger partial charge is 0.252 e. The minimum absolute atomic E-state index is 0.114. The summed E-state index contributed by atoms with van der Waals surface area (Å²) >= 11 is 0. The first-order chi connectivity index (χ1) is 12.3. The highest BCUT2D eigenvalue weighted by Gasteiger charge is 2.13. The van der Waals surface area contributed by atoms with Gasteiger partial charge in [-0.1, -0.05) is 17.7 Å². The van der Waals surface area contributed by atoms with Crippen LogP contribution in [-0.4, -0.2) is 36.9 Å². The summed E-state index contributed by atoms with van der Waals surface area (Å²) in [6.07, 6.45) is 1.52. The molecule has 0 spiro atoms. The van der Waals surface area contributed by atoms with Crippen LogP contribution >= 0.6 is 0 Å². The molecule has 2 N–H and O–H groups in total. The second-order valence-corrected chi connectivity index (χ2v) is 6.44. The van der Waals surface area contributed by atoms with Crippen molar-refractivity contribution >= 4 is 23.3 Å². The summed E-state index contributed by atoms with van der Waals surface area (Å²) < 4.78 is 0. The average molecular weight is 354 g/mol. The van der Waals surface area contributed by atoms with Crippen LogP contribution in [0.15, 0.2) is 30.5 Å². The molecule has 0 fully saturated rings. The molecule has 0 saturated heterocycles. The van der Waals surface area contributed by atoms with E-state index in [0.29, 0.717) is 17.9 Å². The highest BCUT2D eigenvalue weighted by atomic mass is 16.2. The Morgan fingerprint density at radius 2 is 1.77 bits per heavy atom. The summed E-state index contributed by atoms with van der Waals surface area (Å²) in [5.74, 6) is 0.361. The van der Waals surface area contributed by atoms with Gasteiger partial charge in [0, 0.05) is 25.5 Å². The predicted octanol–water partition coefficient (Wildman–Crippen LogP) is 2.83. The van der Waals surface area contributed by atoms with Crippen LogP contribution in [0.5, 0.6) is 0 Å². The zero-order valence-electron chi connectivity index (χ0n) is 16.0. The van der Waals surface area contributed by atoms with Crippen LogP contribution in [0.25, 0.3) is 0 Å². The fourth-order valence-corrected chi connectivity index (χ4v) is 2.86. The number of carbonyl (C=O) groups excluding carboxylic acids is 2. The van der Waals surface area contributed by atoms with Crippen molar-refractivity contribution in [1.29, 1.82) is 0 Å². The topological polar surface area (TPSA) is 74.3 Å². The Balaban J connectivity index is 2.02. The molecule has 1 heterocycles. The molecule has 0 aliphatic rings. The normalized spacial score (nSPS) is 10.3. The zero-order chi connectivity index (χ0) is 19.3. The maximum absolute atomic E-state index is 12.4. The van der Waals surface area contributed by atoms with E-state index in [1.165, 1.54) is 11.8 Å². The van der Waals surface area contributed by atoms with Gasteiger partial charge in [-0.2, -0.15) is 0 Å². The lowest BCUT2D eigenvalue weighted by molar-refractivity contribution is -0.114. The van der Waals surface area contributed by atoms with E-state index in [0.717, 1.165) is 16.8 Å². The number of anilines is 2. The fraction of sp³-hybridized carbons (Fsp3) is 0.350. The number of aromatic nitrogens is 1. The van der Waals surface area contributed by atoms with E-state index in [2.05, 4.69) is 15.6 Å². The van der Waals surface area contributed by atoms with Crippen LogP contribution in [0.3, 0.4) is 0 Å². The molecule has 1 aromatic heterocycles. The van der Waals surface area contributed by atoms with Gasteiger partial charge in [-0.25, -0.2) is 4.98 Å². The van der Waals surface area contributed by atoms with Crippen molar-refractivity contribution in [2.24, 2.45) is 0 Å². The van der Waals surface area contributed by atoms with Crippen LogP contribution in [0.1, 0.15) is 34.0 Å². The number of aryl methyl sites for hydroxylation is 3. The molecule has 26 heavy (non-hydrogen) atoms. The summed E-state index contributed by atoms with van der Waals surface area (Å²) in [5, 5.41) is 5.71. The molecule has 0 bridgehead atoms. The third-order valence-corrected chi connectivity index (χ3v) is 4.06. The quantitative estimate of drug-likeness (QED) is 0.836. The SMILES string of the molecule is CCNC(=O)c1ccc(N(C)CC(=O)Nc2c(C)cc(C)cc2C)nc1. The fourth-order valence-electron chi connectivity index (χ4n) is 2.86. The minimum atomic E-state index is -0.155. The van der Waals surface area contributed by atoms with Crippen LogP contribution in [0.2, 0.25) is 0 Å². The maximum atomic E-state index is 12.4. The van der Waals surface area contributed by atoms with Crippen molar-refractivity contribution in [3.05, 3.63) is 52.7 Å². The first-order valence-electron chi connectivity index (χ1n) is 8.65. The molecule has 6 heteroatoms. The minimum Gasteiger partial charge on any atom is -0.352 e. The molecular formula is C20H26N4O2. The summed E-state index contributed by atoms with van der Waals surface area (Å²) in [7, 11) is 1.79. The van der Waals surface area contributed by atoms with E-state index in [-0.39, 0.29) is 18.4 Å². The van der Waals surface area contributed by atoms with Gasteiger partial charge in [-0.3, -0.25) is 9.59 Å². The van der Waals surface area contributed by atoms with E-state index >= 15 is 0 Å². The number of amides is 2. The number of hydrogen-bond acceptors (Lipinski definition) is 4. The number of hydrogen-bond donors (Lipinski definition) is 2. The predicted molar refractivity (Wildman–Crippen MR) is 105 cm³/mol. The van der Waals surface area contributed by atoms with Gasteiger partial charge >= 0.3 is 0 Å². The highest BCUT2D eigenvalue weighted by molar-refractivity contribution is 5.96. The van der Waals surface area contributed by atoms with Crippen molar-refractivity contribution in [2.75, 3.05) is 30.4 Å². The van der Waals surface area contributed by atoms with Crippen molar-refractivity contribution in [3.63, 3.8) is 0 Å². The number of nitrogens with one attached hydrogen (secondary N) is 2. The van der Waals surface area contributed by atoms with Gasteiger partial charge in [-0.15, -0.1) is 0 Å². The Bertz CT molecular complexity index is 777. The molecular weight excluding hydrogens is 328 g/mol. The molecule has 2 rings (SSSR count). The molecule has 2 aromatic rings. The Kier molecular flexibility index (Phi) is 6.33. The second kappa shape index (κ2) is 8.47. The van der Waals surface area contributed by atoms with Crippen LogP contribution in [0, 0.1) is 20.8 Å². The largest absolute Gasteiger partial charge is 0.352 e. The Morgan fingerprint density at radius 3 is 2.31 bits per heavy atom. The van der Waals surface area contributed by atoms with Gasteiger partial charge in [0.25, 0.3) is 5.91 Å². The molecule has 0 unspecified atom stereocenters. The third kappa shape index (κ3) is 4.81. The first kappa shape index (κ1) is 19.4. The van der Waals surface area contributed by atoms with Crippen LogP contribution < -0.4 is 15.5 Å². The third-order valence-electron chi connectivity index (χ3n) is 4.06. The van der Waals surface area contributed by atoms with E-state index in [9.17, 15) is 9.59 Å². The summed E-state index contributed by atoms with van der Waals surface area (Å²) in [5.41, 5.74) is 4.62. The number of likely N-dealkylation sites (N-methyl/N-ethyl adjacent to an activating group) is 1. The number of carbonyl (C=O) groups is 2. The molecule has 0 aliphatic carbocycles. The van der Waals surface area contributed by atoms with Gasteiger partial charge in [0.1, 0.15) is 5.82 Å². The van der Waals surface area contributed by atoms with Crippen molar-refractivity contribution in [3.8, 4) is 0 Å². The van der Waals surface area contributed by atoms with Gasteiger partial charge < -0.3 is 15.5 Å². The Labute approximate surface area is 154 Å².